The highest BCUT2D eigenvalue weighted by Gasteiger charge is 2.26. The SMILES string of the molecule is COCCCOc1cc(CC(CC(N)C(O)CC(C)C(=O)NCCN2CCSCC2)C(C)C)ccc1OC.Cl.Cl. The molecule has 4 atom stereocenters. The minimum Gasteiger partial charge on any atom is -0.493 e. The highest BCUT2D eigenvalue weighted by Crippen LogP contribution is 2.31. The zero-order valence-electron chi connectivity index (χ0n) is 24.9. The number of aliphatic hydroxyl groups excluding tert-OH is 1. The molecule has 234 valence electrons. The monoisotopic (exact) mass is 625 g/mol. The number of hydrogen-bond donors (Lipinski definition) is 3. The van der Waals surface area contributed by atoms with Gasteiger partial charge in [-0.1, -0.05) is 26.8 Å². The van der Waals surface area contributed by atoms with Crippen molar-refractivity contribution < 1.29 is 24.1 Å². The summed E-state index contributed by atoms with van der Waals surface area (Å²) in [5, 5.41) is 13.9. The lowest BCUT2D eigenvalue weighted by molar-refractivity contribution is -0.125. The highest BCUT2D eigenvalue weighted by molar-refractivity contribution is 7.99. The molecular weight excluding hydrogens is 573 g/mol. The number of nitrogens with one attached hydrogen (secondary N) is 1. The van der Waals surface area contributed by atoms with Crippen LogP contribution in [0.3, 0.4) is 0 Å². The van der Waals surface area contributed by atoms with Crippen LogP contribution in [0.5, 0.6) is 11.5 Å². The molecular formula is C29H53Cl2N3O5S. The van der Waals surface area contributed by atoms with Crippen LogP contribution in [-0.2, 0) is 16.0 Å². The van der Waals surface area contributed by atoms with Gasteiger partial charge in [0.05, 0.1) is 19.8 Å². The molecule has 40 heavy (non-hydrogen) atoms. The van der Waals surface area contributed by atoms with E-state index in [1.54, 1.807) is 14.2 Å². The Morgan fingerprint density at radius 3 is 2.42 bits per heavy atom. The number of halogens is 2. The van der Waals surface area contributed by atoms with Crippen LogP contribution in [-0.4, -0.2) is 93.2 Å². The van der Waals surface area contributed by atoms with Gasteiger partial charge in [-0.3, -0.25) is 9.69 Å². The molecule has 11 heteroatoms. The first kappa shape index (κ1) is 39.1. The number of benzene rings is 1. The van der Waals surface area contributed by atoms with Crippen LogP contribution in [0.15, 0.2) is 18.2 Å². The summed E-state index contributed by atoms with van der Waals surface area (Å²) in [6.45, 7) is 11.1. The quantitative estimate of drug-likeness (QED) is 0.210. The Morgan fingerprint density at radius 1 is 1.10 bits per heavy atom. The summed E-state index contributed by atoms with van der Waals surface area (Å²) in [7, 11) is 3.32. The third-order valence-corrected chi connectivity index (χ3v) is 8.30. The predicted molar refractivity (Wildman–Crippen MR) is 171 cm³/mol. The molecule has 1 saturated heterocycles. The zero-order chi connectivity index (χ0) is 27.9. The molecule has 0 aliphatic carbocycles. The van der Waals surface area contributed by atoms with Gasteiger partial charge >= 0.3 is 0 Å². The Bertz CT molecular complexity index is 818. The lowest BCUT2D eigenvalue weighted by Crippen LogP contribution is -2.43. The second-order valence-corrected chi connectivity index (χ2v) is 12.0. The molecule has 1 fully saturated rings. The molecule has 1 amide bonds. The minimum atomic E-state index is -0.730. The standard InChI is InChI=1S/C29H51N3O5S.2ClH/c1-21(2)24(18-23-7-8-27(36-5)28(19-23)37-14-6-13-35-4)20-25(30)26(33)17-22(3)29(34)31-9-10-32-11-15-38-16-12-32;;/h7-8,19,21-22,24-26,33H,6,9-18,20,30H2,1-5H3,(H,31,34);2*1H. The number of carbonyl (C=O) groups excluding carboxylic acids is 1. The molecule has 0 spiro atoms. The molecule has 0 saturated carbocycles. The summed E-state index contributed by atoms with van der Waals surface area (Å²) < 4.78 is 16.5. The van der Waals surface area contributed by atoms with Crippen LogP contribution in [0.2, 0.25) is 0 Å². The molecule has 1 aliphatic rings. The van der Waals surface area contributed by atoms with Crippen LogP contribution in [0.25, 0.3) is 0 Å². The Balaban J connectivity index is 0.00000760. The molecule has 0 radical (unpaired) electrons. The number of thioether (sulfide) groups is 1. The molecule has 1 heterocycles. The highest BCUT2D eigenvalue weighted by atomic mass is 35.5. The van der Waals surface area contributed by atoms with Crippen LogP contribution in [0.1, 0.15) is 45.6 Å². The fourth-order valence-electron chi connectivity index (χ4n) is 4.73. The van der Waals surface area contributed by atoms with Crippen LogP contribution in [0.4, 0.5) is 0 Å². The second-order valence-electron chi connectivity index (χ2n) is 10.7. The number of rotatable bonds is 18. The average Bonchev–Trinajstić information content (AvgIpc) is 2.91. The Hall–Kier alpha value is -0.940. The van der Waals surface area contributed by atoms with E-state index in [0.717, 1.165) is 55.3 Å². The maximum atomic E-state index is 12.6. The van der Waals surface area contributed by atoms with E-state index < -0.39 is 12.1 Å². The number of hydrogen-bond acceptors (Lipinski definition) is 8. The summed E-state index contributed by atoms with van der Waals surface area (Å²) >= 11 is 1.98. The van der Waals surface area contributed by atoms with E-state index >= 15 is 0 Å². The van der Waals surface area contributed by atoms with Gasteiger partial charge in [0.1, 0.15) is 0 Å². The molecule has 8 nitrogen and oxygen atoms in total. The molecule has 0 bridgehead atoms. The minimum absolute atomic E-state index is 0. The van der Waals surface area contributed by atoms with Gasteiger partial charge in [0, 0.05) is 69.8 Å². The van der Waals surface area contributed by atoms with Crippen molar-refractivity contribution in [2.45, 2.75) is 58.6 Å². The molecule has 1 aromatic carbocycles. The third-order valence-electron chi connectivity index (χ3n) is 7.36. The lowest BCUT2D eigenvalue weighted by atomic mass is 9.82. The average molecular weight is 627 g/mol. The first-order valence-corrected chi connectivity index (χ1v) is 15.2. The Morgan fingerprint density at radius 2 is 1.80 bits per heavy atom. The predicted octanol–water partition coefficient (Wildman–Crippen LogP) is 4.04. The molecule has 1 aromatic rings. The number of methoxy groups -OCH3 is 2. The summed E-state index contributed by atoms with van der Waals surface area (Å²) in [5.41, 5.74) is 7.62. The number of carbonyl (C=O) groups is 1. The van der Waals surface area contributed by atoms with Gasteiger partial charge in [0.2, 0.25) is 5.91 Å². The van der Waals surface area contributed by atoms with Gasteiger partial charge in [0.25, 0.3) is 0 Å². The van der Waals surface area contributed by atoms with Crippen molar-refractivity contribution in [3.8, 4) is 11.5 Å². The van der Waals surface area contributed by atoms with E-state index in [1.807, 2.05) is 30.8 Å². The van der Waals surface area contributed by atoms with Gasteiger partial charge in [-0.25, -0.2) is 0 Å². The van der Waals surface area contributed by atoms with Crippen LogP contribution < -0.4 is 20.5 Å². The zero-order valence-corrected chi connectivity index (χ0v) is 27.4. The fraction of sp³-hybridized carbons (Fsp3) is 0.759. The first-order chi connectivity index (χ1) is 18.2. The first-order valence-electron chi connectivity index (χ1n) is 14.0. The van der Waals surface area contributed by atoms with Crippen molar-refractivity contribution in [2.24, 2.45) is 23.5 Å². The summed E-state index contributed by atoms with van der Waals surface area (Å²) in [4.78, 5) is 15.0. The number of amides is 1. The van der Waals surface area contributed by atoms with E-state index in [4.69, 9.17) is 19.9 Å². The van der Waals surface area contributed by atoms with E-state index in [1.165, 1.54) is 0 Å². The van der Waals surface area contributed by atoms with Gasteiger partial charge in [0.15, 0.2) is 11.5 Å². The van der Waals surface area contributed by atoms with Crippen molar-refractivity contribution in [3.63, 3.8) is 0 Å². The normalized spacial score (nSPS) is 16.7. The number of nitrogens with two attached hydrogens (primary N) is 1. The van der Waals surface area contributed by atoms with Gasteiger partial charge in [-0.2, -0.15) is 11.8 Å². The van der Waals surface area contributed by atoms with Crippen molar-refractivity contribution in [3.05, 3.63) is 23.8 Å². The van der Waals surface area contributed by atoms with E-state index in [0.29, 0.717) is 44.3 Å². The maximum Gasteiger partial charge on any atom is 0.222 e. The Labute approximate surface area is 258 Å². The van der Waals surface area contributed by atoms with Gasteiger partial charge in [-0.15, -0.1) is 24.8 Å². The van der Waals surface area contributed by atoms with Crippen molar-refractivity contribution >= 4 is 42.5 Å². The van der Waals surface area contributed by atoms with Crippen LogP contribution >= 0.6 is 36.6 Å². The maximum absolute atomic E-state index is 12.6. The number of ether oxygens (including phenoxy) is 3. The molecule has 4 unspecified atom stereocenters. The van der Waals surface area contributed by atoms with Crippen molar-refractivity contribution in [1.29, 1.82) is 0 Å². The summed E-state index contributed by atoms with van der Waals surface area (Å²) in [5.74, 6) is 4.12. The number of aliphatic hydroxyl groups is 1. The molecule has 4 N–H and O–H groups in total. The Kier molecular flexibility index (Phi) is 21.2. The van der Waals surface area contributed by atoms with E-state index in [-0.39, 0.29) is 42.6 Å². The van der Waals surface area contributed by atoms with Gasteiger partial charge < -0.3 is 30.4 Å². The summed E-state index contributed by atoms with van der Waals surface area (Å²) in [6, 6.07) is 5.65. The third kappa shape index (κ3) is 14.3. The van der Waals surface area contributed by atoms with Gasteiger partial charge in [-0.05, 0) is 48.8 Å². The van der Waals surface area contributed by atoms with Crippen molar-refractivity contribution in [2.75, 3.05) is 65.1 Å². The second kappa shape index (κ2) is 21.7. The van der Waals surface area contributed by atoms with E-state index in [2.05, 4.69) is 30.1 Å². The fourth-order valence-corrected chi connectivity index (χ4v) is 5.71. The van der Waals surface area contributed by atoms with Crippen LogP contribution in [0, 0.1) is 17.8 Å². The lowest BCUT2D eigenvalue weighted by Gasteiger charge is -2.29. The van der Waals surface area contributed by atoms with E-state index in [9.17, 15) is 9.90 Å². The number of nitrogens with zero attached hydrogens (tertiary/aromatic N) is 1. The smallest absolute Gasteiger partial charge is 0.222 e. The largest absolute Gasteiger partial charge is 0.493 e. The molecule has 1 aliphatic heterocycles. The summed E-state index contributed by atoms with van der Waals surface area (Å²) in [6.07, 6.45) is 1.93. The molecule has 0 aromatic heterocycles. The van der Waals surface area contributed by atoms with Crippen molar-refractivity contribution in [1.82, 2.24) is 10.2 Å². The topological polar surface area (TPSA) is 106 Å². The molecule has 2 rings (SSSR count).